The summed E-state index contributed by atoms with van der Waals surface area (Å²) < 4.78 is 27.4. The fourth-order valence-corrected chi connectivity index (χ4v) is 2.68. The SMILES string of the molecule is Fc1cccc(F)c1[C@H]1C[C@H]1NC(=S)Nc1ccc(Cl)cn1. The quantitative estimate of drug-likeness (QED) is 0.833. The maximum absolute atomic E-state index is 13.7. The Balaban J connectivity index is 1.59. The normalized spacial score (nSPS) is 19.6. The molecule has 0 radical (unpaired) electrons. The molecule has 0 aliphatic heterocycles. The van der Waals surface area contributed by atoms with Gasteiger partial charge in [-0.2, -0.15) is 0 Å². The molecule has 1 heterocycles. The van der Waals surface area contributed by atoms with Crippen molar-refractivity contribution in [1.82, 2.24) is 10.3 Å². The first kappa shape index (κ1) is 15.1. The van der Waals surface area contributed by atoms with Gasteiger partial charge in [0, 0.05) is 23.7 Å². The third-order valence-electron chi connectivity index (χ3n) is 3.45. The number of aromatic nitrogens is 1. The Kier molecular flexibility index (Phi) is 4.22. The van der Waals surface area contributed by atoms with Crippen LogP contribution in [0.2, 0.25) is 5.02 Å². The van der Waals surface area contributed by atoms with Gasteiger partial charge in [0.15, 0.2) is 5.11 Å². The molecule has 1 aromatic heterocycles. The lowest BCUT2D eigenvalue weighted by molar-refractivity contribution is 0.554. The molecule has 2 N–H and O–H groups in total. The van der Waals surface area contributed by atoms with E-state index in [1.165, 1.54) is 24.4 Å². The molecule has 0 spiro atoms. The van der Waals surface area contributed by atoms with Gasteiger partial charge in [0.1, 0.15) is 17.5 Å². The zero-order valence-electron chi connectivity index (χ0n) is 11.3. The Hall–Kier alpha value is -1.79. The van der Waals surface area contributed by atoms with Crippen LogP contribution < -0.4 is 10.6 Å². The van der Waals surface area contributed by atoms with E-state index >= 15 is 0 Å². The lowest BCUT2D eigenvalue weighted by Crippen LogP contribution is -2.31. The van der Waals surface area contributed by atoms with E-state index in [1.807, 2.05) is 0 Å². The molecular formula is C15H12ClF2N3S. The molecule has 1 fully saturated rings. The Morgan fingerprint density at radius 2 is 1.95 bits per heavy atom. The van der Waals surface area contributed by atoms with Gasteiger partial charge in [0.05, 0.1) is 5.02 Å². The number of anilines is 1. The molecule has 0 unspecified atom stereocenters. The van der Waals surface area contributed by atoms with E-state index in [-0.39, 0.29) is 17.5 Å². The minimum Gasteiger partial charge on any atom is -0.359 e. The summed E-state index contributed by atoms with van der Waals surface area (Å²) in [5.41, 5.74) is 0.118. The van der Waals surface area contributed by atoms with E-state index < -0.39 is 11.6 Å². The van der Waals surface area contributed by atoms with Crippen LogP contribution in [0.15, 0.2) is 36.5 Å². The highest BCUT2D eigenvalue weighted by molar-refractivity contribution is 7.80. The maximum atomic E-state index is 13.7. The average molecular weight is 340 g/mol. The first-order valence-electron chi connectivity index (χ1n) is 6.67. The number of benzene rings is 1. The summed E-state index contributed by atoms with van der Waals surface area (Å²) in [6, 6.07) is 7.19. The van der Waals surface area contributed by atoms with Gasteiger partial charge in [-0.15, -0.1) is 0 Å². The molecule has 1 saturated carbocycles. The highest BCUT2D eigenvalue weighted by Crippen LogP contribution is 2.43. The number of nitrogens with one attached hydrogen (secondary N) is 2. The van der Waals surface area contributed by atoms with Crippen LogP contribution in [0.4, 0.5) is 14.6 Å². The molecule has 3 rings (SSSR count). The van der Waals surface area contributed by atoms with Crippen LogP contribution in [-0.2, 0) is 0 Å². The van der Waals surface area contributed by atoms with Gasteiger partial charge in [0.25, 0.3) is 0 Å². The molecule has 7 heteroatoms. The zero-order chi connectivity index (χ0) is 15.7. The van der Waals surface area contributed by atoms with Crippen LogP contribution >= 0.6 is 23.8 Å². The summed E-state index contributed by atoms with van der Waals surface area (Å²) in [6.07, 6.45) is 2.13. The van der Waals surface area contributed by atoms with Gasteiger partial charge in [-0.25, -0.2) is 13.8 Å². The van der Waals surface area contributed by atoms with Crippen molar-refractivity contribution < 1.29 is 8.78 Å². The molecule has 0 amide bonds. The van der Waals surface area contributed by atoms with Gasteiger partial charge >= 0.3 is 0 Å². The third-order valence-corrected chi connectivity index (χ3v) is 3.89. The van der Waals surface area contributed by atoms with Crippen molar-refractivity contribution in [2.24, 2.45) is 0 Å². The van der Waals surface area contributed by atoms with Gasteiger partial charge in [-0.3, -0.25) is 0 Å². The minimum atomic E-state index is -0.521. The van der Waals surface area contributed by atoms with E-state index in [2.05, 4.69) is 15.6 Å². The van der Waals surface area contributed by atoms with Crippen molar-refractivity contribution in [2.75, 3.05) is 5.32 Å². The second-order valence-corrected chi connectivity index (χ2v) is 5.89. The largest absolute Gasteiger partial charge is 0.359 e. The number of halogens is 3. The molecule has 114 valence electrons. The smallest absolute Gasteiger partial charge is 0.172 e. The predicted octanol–water partition coefficient (Wildman–Crippen LogP) is 3.86. The van der Waals surface area contributed by atoms with E-state index in [9.17, 15) is 8.78 Å². The summed E-state index contributed by atoms with van der Waals surface area (Å²) in [5, 5.41) is 6.83. The predicted molar refractivity (Wildman–Crippen MR) is 86.1 cm³/mol. The van der Waals surface area contributed by atoms with Crippen LogP contribution in [0.25, 0.3) is 0 Å². The number of nitrogens with zero attached hydrogens (tertiary/aromatic N) is 1. The number of thiocarbonyl (C=S) groups is 1. The molecular weight excluding hydrogens is 328 g/mol. The van der Waals surface area contributed by atoms with Crippen LogP contribution in [0.1, 0.15) is 17.9 Å². The Morgan fingerprint density at radius 3 is 2.59 bits per heavy atom. The van der Waals surface area contributed by atoms with E-state index in [0.29, 0.717) is 22.4 Å². The first-order chi connectivity index (χ1) is 10.5. The van der Waals surface area contributed by atoms with E-state index in [1.54, 1.807) is 12.1 Å². The number of hydrogen-bond acceptors (Lipinski definition) is 2. The van der Waals surface area contributed by atoms with Crippen LogP contribution in [0.3, 0.4) is 0 Å². The van der Waals surface area contributed by atoms with Crippen LogP contribution in [-0.4, -0.2) is 16.1 Å². The second-order valence-electron chi connectivity index (χ2n) is 5.04. The minimum absolute atomic E-state index is 0.0845. The monoisotopic (exact) mass is 339 g/mol. The van der Waals surface area contributed by atoms with Crippen molar-refractivity contribution in [3.63, 3.8) is 0 Å². The molecule has 3 nitrogen and oxygen atoms in total. The Labute approximate surface area is 136 Å². The Bertz CT molecular complexity index is 688. The van der Waals surface area contributed by atoms with Crippen molar-refractivity contribution >= 4 is 34.7 Å². The lowest BCUT2D eigenvalue weighted by Gasteiger charge is -2.10. The molecule has 1 aromatic carbocycles. The standard InChI is InChI=1S/C15H12ClF2N3S/c16-8-4-5-13(19-7-8)21-15(22)20-12-6-9(12)14-10(17)2-1-3-11(14)18/h1-5,7,9,12H,6H2,(H2,19,20,21,22)/t9-,12+/m0/s1. The molecule has 22 heavy (non-hydrogen) atoms. The first-order valence-corrected chi connectivity index (χ1v) is 7.46. The number of hydrogen-bond donors (Lipinski definition) is 2. The molecule has 1 aliphatic carbocycles. The highest BCUT2D eigenvalue weighted by atomic mass is 35.5. The molecule has 1 aliphatic rings. The average Bonchev–Trinajstić information content (AvgIpc) is 3.20. The third kappa shape index (κ3) is 3.34. The summed E-state index contributed by atoms with van der Waals surface area (Å²) in [5.74, 6) is -0.699. The summed E-state index contributed by atoms with van der Waals surface area (Å²) >= 11 is 10.9. The Morgan fingerprint density at radius 1 is 1.23 bits per heavy atom. The number of rotatable bonds is 3. The molecule has 2 atom stereocenters. The molecule has 0 bridgehead atoms. The van der Waals surface area contributed by atoms with Gasteiger partial charge in [-0.05, 0) is 42.9 Å². The van der Waals surface area contributed by atoms with Gasteiger partial charge in [-0.1, -0.05) is 17.7 Å². The van der Waals surface area contributed by atoms with E-state index in [4.69, 9.17) is 23.8 Å². The molecule has 0 saturated heterocycles. The van der Waals surface area contributed by atoms with Crippen molar-refractivity contribution in [1.29, 1.82) is 0 Å². The van der Waals surface area contributed by atoms with Crippen LogP contribution in [0, 0.1) is 11.6 Å². The fourth-order valence-electron chi connectivity index (χ4n) is 2.31. The molecule has 2 aromatic rings. The summed E-state index contributed by atoms with van der Waals surface area (Å²) in [4.78, 5) is 4.06. The van der Waals surface area contributed by atoms with Crippen LogP contribution in [0.5, 0.6) is 0 Å². The van der Waals surface area contributed by atoms with E-state index in [0.717, 1.165) is 0 Å². The van der Waals surface area contributed by atoms with Gasteiger partial charge < -0.3 is 10.6 Å². The summed E-state index contributed by atoms with van der Waals surface area (Å²) in [6.45, 7) is 0. The summed E-state index contributed by atoms with van der Waals surface area (Å²) in [7, 11) is 0. The topological polar surface area (TPSA) is 37.0 Å². The second kappa shape index (κ2) is 6.14. The van der Waals surface area contributed by atoms with Gasteiger partial charge in [0.2, 0.25) is 0 Å². The zero-order valence-corrected chi connectivity index (χ0v) is 12.9. The number of pyridine rings is 1. The highest BCUT2D eigenvalue weighted by Gasteiger charge is 2.42. The van der Waals surface area contributed by atoms with Crippen molar-refractivity contribution in [2.45, 2.75) is 18.4 Å². The maximum Gasteiger partial charge on any atom is 0.172 e. The lowest BCUT2D eigenvalue weighted by atomic mass is 10.1. The fraction of sp³-hybridized carbons (Fsp3) is 0.200. The van der Waals surface area contributed by atoms with Crippen molar-refractivity contribution in [3.8, 4) is 0 Å². The van der Waals surface area contributed by atoms with Crippen molar-refractivity contribution in [3.05, 3.63) is 58.7 Å².